The van der Waals surface area contributed by atoms with Crippen LogP contribution in [-0.2, 0) is 17.9 Å². The van der Waals surface area contributed by atoms with Crippen molar-refractivity contribution in [3.63, 3.8) is 0 Å². The Labute approximate surface area is 164 Å². The van der Waals surface area contributed by atoms with Crippen LogP contribution in [0.2, 0.25) is 0 Å². The van der Waals surface area contributed by atoms with Crippen molar-refractivity contribution in [3.05, 3.63) is 57.2 Å². The lowest BCUT2D eigenvalue weighted by atomic mass is 9.85. The highest BCUT2D eigenvalue weighted by atomic mass is 79.9. The second-order valence-electron chi connectivity index (χ2n) is 6.83. The molecule has 0 aliphatic heterocycles. The smallest absolute Gasteiger partial charge is 0.264 e. The zero-order valence-electron chi connectivity index (χ0n) is 14.8. The molecule has 7 nitrogen and oxygen atoms in total. The fourth-order valence-corrected chi connectivity index (χ4v) is 3.42. The van der Waals surface area contributed by atoms with Crippen LogP contribution in [0.1, 0.15) is 24.8 Å². The highest BCUT2D eigenvalue weighted by molar-refractivity contribution is 9.10. The molecule has 2 heterocycles. The van der Waals surface area contributed by atoms with Gasteiger partial charge in [0.15, 0.2) is 5.65 Å². The van der Waals surface area contributed by atoms with Gasteiger partial charge in [0.05, 0.1) is 19.3 Å². The average molecular weight is 430 g/mol. The van der Waals surface area contributed by atoms with Crippen LogP contribution in [0.4, 0.5) is 0 Å². The molecule has 1 aromatic carbocycles. The zero-order chi connectivity index (χ0) is 18.8. The molecule has 140 valence electrons. The molecule has 8 heteroatoms. The third-order valence-corrected chi connectivity index (χ3v) is 5.52. The summed E-state index contributed by atoms with van der Waals surface area (Å²) in [6.07, 6.45) is 6.21. The molecule has 1 N–H and O–H groups in total. The van der Waals surface area contributed by atoms with Crippen LogP contribution in [0, 0.1) is 5.92 Å². The van der Waals surface area contributed by atoms with E-state index < -0.39 is 0 Å². The SMILES string of the molecule is O=C(NCCn1ncc2c(=O)n(Cc3ccc(Br)cc3)cnc21)C1CCC1. The second-order valence-corrected chi connectivity index (χ2v) is 7.74. The number of aromatic nitrogens is 4. The van der Waals surface area contributed by atoms with Crippen LogP contribution in [0.5, 0.6) is 0 Å². The van der Waals surface area contributed by atoms with Crippen molar-refractivity contribution in [3.8, 4) is 0 Å². The van der Waals surface area contributed by atoms with E-state index in [4.69, 9.17) is 0 Å². The maximum atomic E-state index is 12.7. The predicted octanol–water partition coefficient (Wildman–Crippen LogP) is 2.32. The fourth-order valence-electron chi connectivity index (χ4n) is 3.16. The summed E-state index contributed by atoms with van der Waals surface area (Å²) in [5.74, 6) is 0.283. The molecule has 0 spiro atoms. The molecule has 1 fully saturated rings. The molecule has 1 saturated carbocycles. The third kappa shape index (κ3) is 3.80. The third-order valence-electron chi connectivity index (χ3n) is 4.99. The van der Waals surface area contributed by atoms with Gasteiger partial charge in [-0.2, -0.15) is 5.10 Å². The Morgan fingerprint density at radius 2 is 2.04 bits per heavy atom. The summed E-state index contributed by atoms with van der Waals surface area (Å²) < 4.78 is 4.25. The van der Waals surface area contributed by atoms with Gasteiger partial charge in [-0.05, 0) is 30.5 Å². The molecule has 2 aromatic heterocycles. The number of benzene rings is 1. The lowest BCUT2D eigenvalue weighted by Gasteiger charge is -2.23. The monoisotopic (exact) mass is 429 g/mol. The molecule has 1 aliphatic rings. The van der Waals surface area contributed by atoms with E-state index in [9.17, 15) is 9.59 Å². The summed E-state index contributed by atoms with van der Waals surface area (Å²) in [6, 6.07) is 7.83. The molecule has 0 unspecified atom stereocenters. The van der Waals surface area contributed by atoms with Crippen LogP contribution < -0.4 is 10.9 Å². The lowest BCUT2D eigenvalue weighted by molar-refractivity contribution is -0.127. The molecule has 4 rings (SSSR count). The van der Waals surface area contributed by atoms with Gasteiger partial charge in [-0.15, -0.1) is 0 Å². The quantitative estimate of drug-likeness (QED) is 0.651. The highest BCUT2D eigenvalue weighted by Crippen LogP contribution is 2.26. The van der Waals surface area contributed by atoms with Gasteiger partial charge in [0, 0.05) is 16.9 Å². The summed E-state index contributed by atoms with van der Waals surface area (Å²) in [4.78, 5) is 29.0. The Bertz CT molecular complexity index is 1020. The summed E-state index contributed by atoms with van der Waals surface area (Å²) in [6.45, 7) is 1.43. The maximum Gasteiger partial charge on any atom is 0.264 e. The van der Waals surface area contributed by atoms with Crippen LogP contribution >= 0.6 is 15.9 Å². The van der Waals surface area contributed by atoms with Crippen molar-refractivity contribution in [2.45, 2.75) is 32.4 Å². The van der Waals surface area contributed by atoms with E-state index in [0.717, 1.165) is 29.3 Å². The van der Waals surface area contributed by atoms with E-state index in [1.807, 2.05) is 24.3 Å². The minimum absolute atomic E-state index is 0.113. The van der Waals surface area contributed by atoms with Gasteiger partial charge in [0.2, 0.25) is 5.91 Å². The molecule has 1 aliphatic carbocycles. The van der Waals surface area contributed by atoms with Gasteiger partial charge in [-0.25, -0.2) is 9.67 Å². The Morgan fingerprint density at radius 3 is 2.74 bits per heavy atom. The lowest BCUT2D eigenvalue weighted by Crippen LogP contribution is -2.36. The number of nitrogens with zero attached hydrogens (tertiary/aromatic N) is 4. The minimum Gasteiger partial charge on any atom is -0.354 e. The Kier molecular flexibility index (Phi) is 5.07. The van der Waals surface area contributed by atoms with Gasteiger partial charge < -0.3 is 5.32 Å². The van der Waals surface area contributed by atoms with Crippen LogP contribution in [0.3, 0.4) is 0 Å². The number of hydrogen-bond donors (Lipinski definition) is 1. The number of amides is 1. The normalized spacial score (nSPS) is 14.3. The van der Waals surface area contributed by atoms with E-state index in [2.05, 4.69) is 31.3 Å². The first-order valence-corrected chi connectivity index (χ1v) is 9.84. The van der Waals surface area contributed by atoms with E-state index in [0.29, 0.717) is 30.7 Å². The minimum atomic E-state index is -0.118. The van der Waals surface area contributed by atoms with E-state index in [1.165, 1.54) is 0 Å². The fraction of sp³-hybridized carbons (Fsp3) is 0.368. The summed E-state index contributed by atoms with van der Waals surface area (Å²) >= 11 is 3.41. The van der Waals surface area contributed by atoms with Gasteiger partial charge >= 0.3 is 0 Å². The second kappa shape index (κ2) is 7.64. The molecule has 0 bridgehead atoms. The topological polar surface area (TPSA) is 81.8 Å². The highest BCUT2D eigenvalue weighted by Gasteiger charge is 2.24. The van der Waals surface area contributed by atoms with Crippen molar-refractivity contribution in [1.82, 2.24) is 24.6 Å². The first-order valence-electron chi connectivity index (χ1n) is 9.05. The van der Waals surface area contributed by atoms with Gasteiger partial charge in [0.25, 0.3) is 5.56 Å². The van der Waals surface area contributed by atoms with Crippen LogP contribution in [-0.4, -0.2) is 31.8 Å². The molecular formula is C19H20BrN5O2. The number of fused-ring (bicyclic) bond motifs is 1. The van der Waals surface area contributed by atoms with Gasteiger partial charge in [-0.1, -0.05) is 34.5 Å². The van der Waals surface area contributed by atoms with Crippen molar-refractivity contribution >= 4 is 32.9 Å². The van der Waals surface area contributed by atoms with Crippen LogP contribution in [0.25, 0.3) is 11.0 Å². The molecule has 0 atom stereocenters. The Hall–Kier alpha value is -2.48. The zero-order valence-corrected chi connectivity index (χ0v) is 16.4. The number of nitrogens with one attached hydrogen (secondary N) is 1. The number of carbonyl (C=O) groups excluding carboxylic acids is 1. The molecule has 27 heavy (non-hydrogen) atoms. The largest absolute Gasteiger partial charge is 0.354 e. The summed E-state index contributed by atoms with van der Waals surface area (Å²) in [5.41, 5.74) is 1.45. The van der Waals surface area contributed by atoms with E-state index in [-0.39, 0.29) is 17.4 Å². The molecule has 0 saturated heterocycles. The van der Waals surface area contributed by atoms with E-state index in [1.54, 1.807) is 21.8 Å². The number of rotatable bonds is 6. The first kappa shape index (κ1) is 17.9. The van der Waals surface area contributed by atoms with Crippen molar-refractivity contribution in [2.24, 2.45) is 5.92 Å². The Morgan fingerprint density at radius 1 is 1.26 bits per heavy atom. The van der Waals surface area contributed by atoms with Crippen molar-refractivity contribution in [1.29, 1.82) is 0 Å². The maximum absolute atomic E-state index is 12.7. The molecular weight excluding hydrogens is 410 g/mol. The standard InChI is InChI=1S/C19H20BrN5O2/c20-15-6-4-13(5-7-15)11-24-12-22-17-16(19(24)27)10-23-25(17)9-8-21-18(26)14-2-1-3-14/h4-7,10,12,14H,1-3,8-9,11H2,(H,21,26). The Balaban J connectivity index is 1.46. The number of halogens is 1. The summed E-state index contributed by atoms with van der Waals surface area (Å²) in [5, 5.41) is 7.70. The summed E-state index contributed by atoms with van der Waals surface area (Å²) in [7, 11) is 0. The van der Waals surface area contributed by atoms with E-state index >= 15 is 0 Å². The average Bonchev–Trinajstić information content (AvgIpc) is 3.02. The molecule has 3 aromatic rings. The van der Waals surface area contributed by atoms with Gasteiger partial charge in [-0.3, -0.25) is 14.2 Å². The van der Waals surface area contributed by atoms with Crippen LogP contribution in [0.15, 0.2) is 46.1 Å². The van der Waals surface area contributed by atoms with Gasteiger partial charge in [0.1, 0.15) is 11.7 Å². The molecule has 1 amide bonds. The number of carbonyl (C=O) groups is 1. The van der Waals surface area contributed by atoms with Crippen molar-refractivity contribution < 1.29 is 4.79 Å². The molecule has 0 radical (unpaired) electrons. The number of hydrogen-bond acceptors (Lipinski definition) is 4. The first-order chi connectivity index (χ1) is 13.1. The predicted molar refractivity (Wildman–Crippen MR) is 105 cm³/mol. The van der Waals surface area contributed by atoms with Crippen molar-refractivity contribution in [2.75, 3.05) is 6.54 Å².